The number of carbonyl (C=O) groups is 2. The van der Waals surface area contributed by atoms with E-state index >= 15 is 0 Å². The fraction of sp³-hybridized carbons (Fsp3) is 0.238. The van der Waals surface area contributed by atoms with E-state index in [1.165, 1.54) is 12.1 Å². The van der Waals surface area contributed by atoms with E-state index in [9.17, 15) is 14.0 Å². The van der Waals surface area contributed by atoms with Crippen molar-refractivity contribution >= 4 is 34.7 Å². The molecule has 0 aromatic heterocycles. The van der Waals surface area contributed by atoms with Gasteiger partial charge in [-0.15, -0.1) is 0 Å². The van der Waals surface area contributed by atoms with Gasteiger partial charge < -0.3 is 9.80 Å². The Morgan fingerprint density at radius 1 is 0.929 bits per heavy atom. The van der Waals surface area contributed by atoms with Gasteiger partial charge in [0.05, 0.1) is 16.3 Å². The van der Waals surface area contributed by atoms with Crippen molar-refractivity contribution in [3.8, 4) is 0 Å². The van der Waals surface area contributed by atoms with Gasteiger partial charge in [-0.2, -0.15) is 0 Å². The van der Waals surface area contributed by atoms with Gasteiger partial charge in [-0.05, 0) is 30.8 Å². The first-order valence-corrected chi connectivity index (χ1v) is 9.42. The number of piperazine rings is 1. The van der Waals surface area contributed by atoms with E-state index in [4.69, 9.17) is 11.6 Å². The minimum atomic E-state index is -0.597. The molecule has 2 heterocycles. The predicted molar refractivity (Wildman–Crippen MR) is 106 cm³/mol. The number of nitrogens with zero attached hydrogens (tertiary/aromatic N) is 3. The molecule has 144 valence electrons. The van der Waals surface area contributed by atoms with Crippen LogP contribution in [0.4, 0.5) is 10.1 Å². The van der Waals surface area contributed by atoms with E-state index in [2.05, 4.69) is 4.90 Å². The Morgan fingerprint density at radius 2 is 1.61 bits per heavy atom. The maximum Gasteiger partial charge on any atom is 0.282 e. The Balaban J connectivity index is 1.80. The van der Waals surface area contributed by atoms with Crippen molar-refractivity contribution in [2.24, 2.45) is 0 Å². The molecule has 7 heteroatoms. The number of likely N-dealkylation sites (N-methyl/N-ethyl adjacent to an activating group) is 1. The van der Waals surface area contributed by atoms with Gasteiger partial charge in [0.15, 0.2) is 0 Å². The highest BCUT2D eigenvalue weighted by molar-refractivity contribution is 6.45. The molecule has 0 aliphatic carbocycles. The molecule has 2 aliphatic rings. The number of carbonyl (C=O) groups excluding carboxylic acids is 2. The molecule has 1 saturated heterocycles. The van der Waals surface area contributed by atoms with Crippen LogP contribution in [0, 0.1) is 5.82 Å². The number of amides is 2. The Morgan fingerprint density at radius 3 is 2.25 bits per heavy atom. The molecule has 1 fully saturated rings. The third-order valence-electron chi connectivity index (χ3n) is 5.10. The quantitative estimate of drug-likeness (QED) is 0.744. The number of benzene rings is 2. The summed E-state index contributed by atoms with van der Waals surface area (Å²) in [4.78, 5) is 31.9. The van der Waals surface area contributed by atoms with Crippen LogP contribution in [0.25, 0.3) is 5.57 Å². The predicted octanol–water partition coefficient (Wildman–Crippen LogP) is 3.01. The second kappa shape index (κ2) is 7.37. The molecule has 0 atom stereocenters. The standard InChI is InChI=1S/C21H19ClFN3O2/c1-24-9-11-25(12-10-24)19-18(14-5-3-2-4-6-14)20(27)26(21(19)28)15-7-8-17(23)16(22)13-15/h2-8,13H,9-12H2,1H3. The van der Waals surface area contributed by atoms with Gasteiger partial charge in [0.1, 0.15) is 11.5 Å². The largest absolute Gasteiger partial charge is 0.364 e. The number of hydrogen-bond acceptors (Lipinski definition) is 4. The molecule has 2 aromatic carbocycles. The number of rotatable bonds is 3. The van der Waals surface area contributed by atoms with E-state index in [-0.39, 0.29) is 10.7 Å². The first-order valence-electron chi connectivity index (χ1n) is 9.04. The van der Waals surface area contributed by atoms with E-state index in [0.717, 1.165) is 24.1 Å². The topological polar surface area (TPSA) is 43.9 Å². The normalized spacial score (nSPS) is 18.4. The summed E-state index contributed by atoms with van der Waals surface area (Å²) in [5, 5.41) is -0.132. The highest BCUT2D eigenvalue weighted by atomic mass is 35.5. The average molecular weight is 400 g/mol. The van der Waals surface area contributed by atoms with E-state index in [0.29, 0.717) is 29.9 Å². The van der Waals surface area contributed by atoms with Crippen molar-refractivity contribution < 1.29 is 14.0 Å². The summed E-state index contributed by atoms with van der Waals surface area (Å²) in [6.07, 6.45) is 0. The third-order valence-corrected chi connectivity index (χ3v) is 5.39. The van der Waals surface area contributed by atoms with Crippen LogP contribution >= 0.6 is 11.6 Å². The molecule has 0 saturated carbocycles. The molecule has 0 bridgehead atoms. The average Bonchev–Trinajstić information content (AvgIpc) is 2.96. The lowest BCUT2D eigenvalue weighted by Crippen LogP contribution is -2.46. The highest BCUT2D eigenvalue weighted by Gasteiger charge is 2.43. The van der Waals surface area contributed by atoms with E-state index in [1.807, 2.05) is 42.3 Å². The van der Waals surface area contributed by atoms with Gasteiger partial charge >= 0.3 is 0 Å². The van der Waals surface area contributed by atoms with Gasteiger partial charge in [-0.3, -0.25) is 9.59 Å². The molecular weight excluding hydrogens is 381 g/mol. The van der Waals surface area contributed by atoms with Crippen LogP contribution in [0.2, 0.25) is 5.02 Å². The van der Waals surface area contributed by atoms with Gasteiger partial charge in [-0.25, -0.2) is 9.29 Å². The molecule has 5 nitrogen and oxygen atoms in total. The number of anilines is 1. The fourth-order valence-corrected chi connectivity index (χ4v) is 3.74. The zero-order valence-electron chi connectivity index (χ0n) is 15.4. The molecule has 2 aliphatic heterocycles. The SMILES string of the molecule is CN1CCN(C2=C(c3ccccc3)C(=O)N(c3ccc(F)c(Cl)c3)C2=O)CC1. The van der Waals surface area contributed by atoms with Crippen LogP contribution in [0.5, 0.6) is 0 Å². The molecule has 4 rings (SSSR count). The highest BCUT2D eigenvalue weighted by Crippen LogP contribution is 2.36. The molecule has 0 unspecified atom stereocenters. The molecule has 0 N–H and O–H groups in total. The van der Waals surface area contributed by atoms with Crippen molar-refractivity contribution in [1.82, 2.24) is 9.80 Å². The number of hydrogen-bond donors (Lipinski definition) is 0. The molecule has 28 heavy (non-hydrogen) atoms. The summed E-state index contributed by atoms with van der Waals surface area (Å²) < 4.78 is 13.6. The maximum absolute atomic E-state index is 13.6. The van der Waals surface area contributed by atoms with Crippen molar-refractivity contribution in [2.45, 2.75) is 0 Å². The second-order valence-corrected chi connectivity index (χ2v) is 7.33. The lowest BCUT2D eigenvalue weighted by molar-refractivity contribution is -0.120. The zero-order chi connectivity index (χ0) is 19.8. The summed E-state index contributed by atoms with van der Waals surface area (Å²) >= 11 is 5.89. The van der Waals surface area contributed by atoms with E-state index < -0.39 is 17.6 Å². The van der Waals surface area contributed by atoms with E-state index in [1.54, 1.807) is 0 Å². The first-order chi connectivity index (χ1) is 13.5. The van der Waals surface area contributed by atoms with Crippen molar-refractivity contribution in [3.05, 3.63) is 70.6 Å². The van der Waals surface area contributed by atoms with Gasteiger partial charge in [0.2, 0.25) is 0 Å². The second-order valence-electron chi connectivity index (χ2n) is 6.92. The lowest BCUT2D eigenvalue weighted by atomic mass is 10.0. The maximum atomic E-state index is 13.6. The van der Waals surface area contributed by atoms with Crippen molar-refractivity contribution in [2.75, 3.05) is 38.1 Å². The summed E-state index contributed by atoms with van der Waals surface area (Å²) in [6.45, 7) is 2.91. The molecule has 2 aromatic rings. The Labute approximate surface area is 167 Å². The minimum absolute atomic E-state index is 0.132. The Kier molecular flexibility index (Phi) is 4.91. The van der Waals surface area contributed by atoms with Crippen LogP contribution in [0.3, 0.4) is 0 Å². The van der Waals surface area contributed by atoms with Gasteiger partial charge in [0.25, 0.3) is 11.8 Å². The van der Waals surface area contributed by atoms with Crippen LogP contribution in [-0.2, 0) is 9.59 Å². The Hall–Kier alpha value is -2.70. The molecule has 0 spiro atoms. The fourth-order valence-electron chi connectivity index (χ4n) is 3.57. The van der Waals surface area contributed by atoms with Gasteiger partial charge in [-0.1, -0.05) is 41.9 Å². The minimum Gasteiger partial charge on any atom is -0.364 e. The van der Waals surface area contributed by atoms with Crippen LogP contribution in [0.1, 0.15) is 5.56 Å². The van der Waals surface area contributed by atoms with Crippen molar-refractivity contribution in [3.63, 3.8) is 0 Å². The summed E-state index contributed by atoms with van der Waals surface area (Å²) in [6, 6.07) is 13.0. The van der Waals surface area contributed by atoms with Crippen LogP contribution in [-0.4, -0.2) is 54.8 Å². The monoisotopic (exact) mass is 399 g/mol. The summed E-state index contributed by atoms with van der Waals surface area (Å²) in [5.41, 5.74) is 1.71. The Bertz CT molecular complexity index is 969. The number of imide groups is 1. The molecule has 2 amide bonds. The smallest absolute Gasteiger partial charge is 0.282 e. The third kappa shape index (κ3) is 3.19. The van der Waals surface area contributed by atoms with Crippen LogP contribution in [0.15, 0.2) is 54.2 Å². The summed E-state index contributed by atoms with van der Waals surface area (Å²) in [5.74, 6) is -1.43. The molecular formula is C21H19ClFN3O2. The summed E-state index contributed by atoms with van der Waals surface area (Å²) in [7, 11) is 2.03. The number of halogens is 2. The zero-order valence-corrected chi connectivity index (χ0v) is 16.1. The molecule has 0 radical (unpaired) electrons. The lowest BCUT2D eigenvalue weighted by Gasteiger charge is -2.34. The van der Waals surface area contributed by atoms with Crippen LogP contribution < -0.4 is 4.90 Å². The first kappa shape index (κ1) is 18.7. The van der Waals surface area contributed by atoms with Gasteiger partial charge in [0, 0.05) is 26.2 Å². The van der Waals surface area contributed by atoms with Crippen molar-refractivity contribution in [1.29, 1.82) is 0 Å².